The maximum atomic E-state index is 11.8. The van der Waals surface area contributed by atoms with Gasteiger partial charge in [0.15, 0.2) is 15.7 Å². The molecule has 8 heteroatoms. The molecule has 0 amide bonds. The van der Waals surface area contributed by atoms with Gasteiger partial charge in [0.25, 0.3) is 5.89 Å². The van der Waals surface area contributed by atoms with Gasteiger partial charge in [-0.1, -0.05) is 18.5 Å². The summed E-state index contributed by atoms with van der Waals surface area (Å²) in [5.74, 6) is 1.67. The van der Waals surface area contributed by atoms with Crippen LogP contribution in [0.5, 0.6) is 0 Å². The average molecular weight is 355 g/mol. The number of aromatic nitrogens is 2. The molecule has 0 saturated carbocycles. The van der Waals surface area contributed by atoms with Gasteiger partial charge < -0.3 is 4.52 Å². The van der Waals surface area contributed by atoms with Crippen molar-refractivity contribution in [2.45, 2.75) is 38.8 Å². The van der Waals surface area contributed by atoms with E-state index in [1.54, 1.807) is 11.3 Å². The van der Waals surface area contributed by atoms with Gasteiger partial charge >= 0.3 is 0 Å². The molecular weight excluding hydrogens is 334 g/mol. The van der Waals surface area contributed by atoms with Crippen LogP contribution in [0, 0.1) is 0 Å². The fraction of sp³-hybridized carbons (Fsp3) is 0.600. The first kappa shape index (κ1) is 16.6. The highest BCUT2D eigenvalue weighted by molar-refractivity contribution is 7.91. The van der Waals surface area contributed by atoms with Crippen LogP contribution in [0.1, 0.15) is 32.0 Å². The summed E-state index contributed by atoms with van der Waals surface area (Å²) in [5.41, 5.74) is 0.928. The summed E-state index contributed by atoms with van der Waals surface area (Å²) in [5, 5.41) is 7.99. The van der Waals surface area contributed by atoms with Crippen LogP contribution in [0.4, 0.5) is 0 Å². The largest absolute Gasteiger partial charge is 0.334 e. The minimum absolute atomic E-state index is 0.0645. The SMILES string of the molecule is CCCCN(Cc1noc(-c2ccsc2)n1)C1CCS(=O)(=O)C1. The van der Waals surface area contributed by atoms with E-state index < -0.39 is 9.84 Å². The number of nitrogens with zero attached hydrogens (tertiary/aromatic N) is 3. The third-order valence-electron chi connectivity index (χ3n) is 4.10. The second-order valence-electron chi connectivity index (χ2n) is 5.91. The van der Waals surface area contributed by atoms with Crippen LogP contribution in [0.25, 0.3) is 11.5 Å². The zero-order valence-electron chi connectivity index (χ0n) is 13.1. The summed E-state index contributed by atoms with van der Waals surface area (Å²) >= 11 is 1.58. The molecule has 3 rings (SSSR count). The summed E-state index contributed by atoms with van der Waals surface area (Å²) in [4.78, 5) is 6.64. The van der Waals surface area contributed by atoms with Crippen molar-refractivity contribution in [1.82, 2.24) is 15.0 Å². The summed E-state index contributed by atoms with van der Waals surface area (Å²) in [6.45, 7) is 3.53. The van der Waals surface area contributed by atoms with Gasteiger partial charge in [-0.05, 0) is 30.8 Å². The molecule has 0 radical (unpaired) electrons. The van der Waals surface area contributed by atoms with Crippen molar-refractivity contribution in [3.8, 4) is 11.5 Å². The highest BCUT2D eigenvalue weighted by Gasteiger charge is 2.32. The first-order valence-electron chi connectivity index (χ1n) is 7.87. The molecule has 126 valence electrons. The van der Waals surface area contributed by atoms with E-state index >= 15 is 0 Å². The number of rotatable bonds is 7. The van der Waals surface area contributed by atoms with Crippen molar-refractivity contribution < 1.29 is 12.9 Å². The highest BCUT2D eigenvalue weighted by Crippen LogP contribution is 2.23. The third kappa shape index (κ3) is 4.19. The lowest BCUT2D eigenvalue weighted by Gasteiger charge is -2.26. The van der Waals surface area contributed by atoms with Crippen molar-refractivity contribution in [1.29, 1.82) is 0 Å². The van der Waals surface area contributed by atoms with Crippen molar-refractivity contribution in [2.24, 2.45) is 0 Å². The first-order valence-corrected chi connectivity index (χ1v) is 10.6. The zero-order chi connectivity index (χ0) is 16.3. The lowest BCUT2D eigenvalue weighted by molar-refractivity contribution is 0.193. The lowest BCUT2D eigenvalue weighted by atomic mass is 10.2. The van der Waals surface area contributed by atoms with Crippen molar-refractivity contribution in [3.05, 3.63) is 22.7 Å². The van der Waals surface area contributed by atoms with Crippen molar-refractivity contribution >= 4 is 21.2 Å². The number of hydrogen-bond donors (Lipinski definition) is 0. The Morgan fingerprint density at radius 3 is 3.00 bits per heavy atom. The van der Waals surface area contributed by atoms with Crippen molar-refractivity contribution in [3.63, 3.8) is 0 Å². The number of hydrogen-bond acceptors (Lipinski definition) is 7. The molecule has 1 atom stereocenters. The average Bonchev–Trinajstić information content (AvgIpc) is 3.23. The van der Waals surface area contributed by atoms with Crippen LogP contribution >= 0.6 is 11.3 Å². The Balaban J connectivity index is 1.71. The van der Waals surface area contributed by atoms with E-state index in [1.165, 1.54) is 0 Å². The van der Waals surface area contributed by atoms with Crippen LogP contribution in [0.15, 0.2) is 21.3 Å². The van der Waals surface area contributed by atoms with Gasteiger partial charge in [0.05, 0.1) is 23.6 Å². The predicted molar refractivity (Wildman–Crippen MR) is 90.0 cm³/mol. The molecular formula is C15H21N3O3S2. The molecule has 2 aromatic heterocycles. The normalized spacial score (nSPS) is 20.3. The summed E-state index contributed by atoms with van der Waals surface area (Å²) < 4.78 is 28.8. The maximum Gasteiger partial charge on any atom is 0.258 e. The van der Waals surface area contributed by atoms with Gasteiger partial charge in [-0.15, -0.1) is 0 Å². The molecule has 1 aliphatic rings. The second kappa shape index (κ2) is 7.11. The highest BCUT2D eigenvalue weighted by atomic mass is 32.2. The molecule has 2 aromatic rings. The van der Waals surface area contributed by atoms with Crippen LogP contribution < -0.4 is 0 Å². The Hall–Kier alpha value is -1.25. The predicted octanol–water partition coefficient (Wildman–Crippen LogP) is 2.59. The van der Waals surface area contributed by atoms with E-state index in [0.29, 0.717) is 24.7 Å². The molecule has 6 nitrogen and oxygen atoms in total. The minimum atomic E-state index is -2.89. The molecule has 1 aliphatic heterocycles. The molecule has 0 aromatic carbocycles. The van der Waals surface area contributed by atoms with Crippen LogP contribution in [0.3, 0.4) is 0 Å². The molecule has 23 heavy (non-hydrogen) atoms. The van der Waals surface area contributed by atoms with E-state index in [2.05, 4.69) is 22.0 Å². The van der Waals surface area contributed by atoms with Crippen molar-refractivity contribution in [2.75, 3.05) is 18.1 Å². The van der Waals surface area contributed by atoms with E-state index in [-0.39, 0.29) is 17.5 Å². The molecule has 1 unspecified atom stereocenters. The topological polar surface area (TPSA) is 76.3 Å². The zero-order valence-corrected chi connectivity index (χ0v) is 14.8. The molecule has 0 N–H and O–H groups in total. The first-order chi connectivity index (χ1) is 11.1. The Bertz CT molecular complexity index is 725. The standard InChI is InChI=1S/C15H21N3O3S2/c1-2-3-6-18(13-5-8-23(19,20)11-13)9-14-16-15(21-17-14)12-4-7-22-10-12/h4,7,10,13H,2-3,5-6,8-9,11H2,1H3. The van der Waals surface area contributed by atoms with Crippen LogP contribution in [0.2, 0.25) is 0 Å². The van der Waals surface area contributed by atoms with Gasteiger partial charge in [-0.25, -0.2) is 8.42 Å². The number of unbranched alkanes of at least 4 members (excludes halogenated alkanes) is 1. The quantitative estimate of drug-likeness (QED) is 0.760. The smallest absolute Gasteiger partial charge is 0.258 e. The van der Waals surface area contributed by atoms with Crippen LogP contribution in [-0.2, 0) is 16.4 Å². The molecule has 0 bridgehead atoms. The maximum absolute atomic E-state index is 11.8. The summed E-state index contributed by atoms with van der Waals surface area (Å²) in [7, 11) is -2.89. The Morgan fingerprint density at radius 1 is 1.48 bits per heavy atom. The van der Waals surface area contributed by atoms with Gasteiger partial charge in [0.1, 0.15) is 0 Å². The van der Waals surface area contributed by atoms with E-state index in [0.717, 1.165) is 24.9 Å². The third-order valence-corrected chi connectivity index (χ3v) is 6.54. The fourth-order valence-corrected chi connectivity index (χ4v) is 5.21. The van der Waals surface area contributed by atoms with Gasteiger partial charge in [0.2, 0.25) is 0 Å². The molecule has 3 heterocycles. The summed E-state index contributed by atoms with van der Waals surface area (Å²) in [6.07, 6.45) is 2.80. The second-order valence-corrected chi connectivity index (χ2v) is 8.92. The van der Waals surface area contributed by atoms with Gasteiger partial charge in [-0.3, -0.25) is 4.90 Å². The van der Waals surface area contributed by atoms with E-state index in [4.69, 9.17) is 4.52 Å². The molecule has 1 fully saturated rings. The number of thiophene rings is 1. The Labute approximate surface area is 140 Å². The van der Waals surface area contributed by atoms with Crippen LogP contribution in [-0.4, -0.2) is 47.6 Å². The van der Waals surface area contributed by atoms with Gasteiger partial charge in [0, 0.05) is 11.4 Å². The Morgan fingerprint density at radius 2 is 2.35 bits per heavy atom. The van der Waals surface area contributed by atoms with E-state index in [9.17, 15) is 8.42 Å². The fourth-order valence-electron chi connectivity index (χ4n) is 2.82. The Kier molecular flexibility index (Phi) is 5.13. The monoisotopic (exact) mass is 355 g/mol. The molecule has 0 spiro atoms. The summed E-state index contributed by atoms with van der Waals surface area (Å²) in [6, 6.07) is 2.01. The molecule has 0 aliphatic carbocycles. The minimum Gasteiger partial charge on any atom is -0.334 e. The van der Waals surface area contributed by atoms with Gasteiger partial charge in [-0.2, -0.15) is 16.3 Å². The van der Waals surface area contributed by atoms with E-state index in [1.807, 2.05) is 16.8 Å². The molecule has 1 saturated heterocycles. The number of sulfone groups is 1. The lowest BCUT2D eigenvalue weighted by Crippen LogP contribution is -2.36.